The lowest BCUT2D eigenvalue weighted by Crippen LogP contribution is -2.10. The van der Waals surface area contributed by atoms with Gasteiger partial charge in [0.1, 0.15) is 16.5 Å². The molecule has 0 saturated heterocycles. The monoisotopic (exact) mass is 224 g/mol. The van der Waals surface area contributed by atoms with Gasteiger partial charge < -0.3 is 9.84 Å². The molecule has 0 fully saturated rings. The molecule has 0 aliphatic rings. The normalized spacial score (nSPS) is 10.6. The standard InChI is InChI=1S/C14H12N2O/c1-15-16-14-10-6-2-4-8-12(10)17-13-9-5-3-7-11(13)14/h2-9,15H,1H3. The molecule has 0 atom stereocenters. The van der Waals surface area contributed by atoms with E-state index in [0.717, 1.165) is 27.3 Å². The highest BCUT2D eigenvalue weighted by Crippen LogP contribution is 2.17. The molecule has 17 heavy (non-hydrogen) atoms. The van der Waals surface area contributed by atoms with E-state index in [1.807, 2.05) is 48.5 Å². The predicted octanol–water partition coefficient (Wildman–Crippen LogP) is 2.62. The molecule has 3 heteroatoms. The van der Waals surface area contributed by atoms with Crippen LogP contribution < -0.4 is 10.8 Å². The fraction of sp³-hybridized carbons (Fsp3) is 0.0714. The van der Waals surface area contributed by atoms with Gasteiger partial charge >= 0.3 is 0 Å². The molecule has 0 aliphatic heterocycles. The number of fused-ring (bicyclic) bond motifs is 2. The number of hydrogen-bond donors (Lipinski definition) is 1. The lowest BCUT2D eigenvalue weighted by Gasteiger charge is -2.03. The van der Waals surface area contributed by atoms with Gasteiger partial charge in [-0.3, -0.25) is 0 Å². The Labute approximate surface area is 98.4 Å². The molecule has 2 aromatic carbocycles. The van der Waals surface area contributed by atoms with Gasteiger partial charge in [-0.1, -0.05) is 24.3 Å². The molecule has 1 aromatic heterocycles. The molecule has 1 heterocycles. The maximum absolute atomic E-state index is 5.85. The van der Waals surface area contributed by atoms with Crippen molar-refractivity contribution in [3.05, 3.63) is 53.9 Å². The lowest BCUT2D eigenvalue weighted by atomic mass is 10.1. The summed E-state index contributed by atoms with van der Waals surface area (Å²) in [6, 6.07) is 15.8. The molecule has 3 nitrogen and oxygen atoms in total. The molecule has 1 N–H and O–H groups in total. The summed E-state index contributed by atoms with van der Waals surface area (Å²) in [4.78, 5) is 0. The highest BCUT2D eigenvalue weighted by Gasteiger charge is 2.04. The minimum atomic E-state index is 0.847. The van der Waals surface area contributed by atoms with Crippen molar-refractivity contribution in [3.63, 3.8) is 0 Å². The molecule has 0 unspecified atom stereocenters. The Bertz CT molecular complexity index is 687. The molecular formula is C14H12N2O. The molecule has 3 rings (SSSR count). The Hall–Kier alpha value is -2.29. The third kappa shape index (κ3) is 1.56. The van der Waals surface area contributed by atoms with E-state index in [1.165, 1.54) is 0 Å². The SMILES string of the molecule is CNN=c1c2ccccc2oc2ccccc12. The van der Waals surface area contributed by atoms with Crippen molar-refractivity contribution in [2.45, 2.75) is 0 Å². The van der Waals surface area contributed by atoms with E-state index in [-0.39, 0.29) is 0 Å². The third-order valence-electron chi connectivity index (χ3n) is 2.73. The average molecular weight is 224 g/mol. The molecular weight excluding hydrogens is 212 g/mol. The van der Waals surface area contributed by atoms with Gasteiger partial charge in [0, 0.05) is 17.8 Å². The zero-order valence-corrected chi connectivity index (χ0v) is 9.47. The molecule has 0 aliphatic carbocycles. The summed E-state index contributed by atoms with van der Waals surface area (Å²) in [7, 11) is 1.80. The first kappa shape index (κ1) is 9.90. The fourth-order valence-electron chi connectivity index (χ4n) is 2.00. The van der Waals surface area contributed by atoms with Crippen LogP contribution in [0.3, 0.4) is 0 Å². The van der Waals surface area contributed by atoms with E-state index in [0.29, 0.717) is 0 Å². The Morgan fingerprint density at radius 3 is 1.94 bits per heavy atom. The number of para-hydroxylation sites is 2. The topological polar surface area (TPSA) is 37.5 Å². The summed E-state index contributed by atoms with van der Waals surface area (Å²) in [5.41, 5.74) is 4.55. The van der Waals surface area contributed by atoms with Crippen molar-refractivity contribution in [2.75, 3.05) is 7.05 Å². The molecule has 84 valence electrons. The third-order valence-corrected chi connectivity index (χ3v) is 2.73. The second-order valence-corrected chi connectivity index (χ2v) is 3.78. The van der Waals surface area contributed by atoms with E-state index < -0.39 is 0 Å². The Morgan fingerprint density at radius 2 is 1.41 bits per heavy atom. The summed E-state index contributed by atoms with van der Waals surface area (Å²) in [5.74, 6) is 0. The minimum absolute atomic E-state index is 0.847. The van der Waals surface area contributed by atoms with Crippen LogP contribution in [-0.4, -0.2) is 7.05 Å². The maximum Gasteiger partial charge on any atom is 0.136 e. The summed E-state index contributed by atoms with van der Waals surface area (Å²) in [6.07, 6.45) is 0. The van der Waals surface area contributed by atoms with Crippen LogP contribution in [0.25, 0.3) is 21.9 Å². The van der Waals surface area contributed by atoms with Gasteiger partial charge in [-0.2, -0.15) is 5.10 Å². The van der Waals surface area contributed by atoms with Crippen molar-refractivity contribution in [3.8, 4) is 0 Å². The Kier molecular flexibility index (Phi) is 2.29. The van der Waals surface area contributed by atoms with Gasteiger partial charge in [-0.25, -0.2) is 0 Å². The molecule has 0 spiro atoms. The molecule has 0 saturated carbocycles. The molecule has 0 amide bonds. The fourth-order valence-corrected chi connectivity index (χ4v) is 2.00. The zero-order valence-electron chi connectivity index (χ0n) is 9.47. The van der Waals surface area contributed by atoms with Crippen LogP contribution in [0.15, 0.2) is 58.0 Å². The molecule has 0 radical (unpaired) electrons. The zero-order chi connectivity index (χ0) is 11.7. The summed E-state index contributed by atoms with van der Waals surface area (Å²) in [6.45, 7) is 0. The molecule has 3 aromatic rings. The van der Waals surface area contributed by atoms with Crippen LogP contribution in [0.5, 0.6) is 0 Å². The number of nitrogens with one attached hydrogen (secondary N) is 1. The highest BCUT2D eigenvalue weighted by molar-refractivity contribution is 5.89. The second kappa shape index (κ2) is 3.94. The van der Waals surface area contributed by atoms with Crippen LogP contribution in [0.2, 0.25) is 0 Å². The number of hydrogen-bond acceptors (Lipinski definition) is 3. The first-order valence-electron chi connectivity index (χ1n) is 5.51. The number of benzene rings is 2. The van der Waals surface area contributed by atoms with Gasteiger partial charge in [0.2, 0.25) is 0 Å². The van der Waals surface area contributed by atoms with E-state index in [2.05, 4.69) is 10.5 Å². The lowest BCUT2D eigenvalue weighted by molar-refractivity contribution is 0.658. The van der Waals surface area contributed by atoms with E-state index >= 15 is 0 Å². The van der Waals surface area contributed by atoms with E-state index in [9.17, 15) is 0 Å². The summed E-state index contributed by atoms with van der Waals surface area (Å²) in [5, 5.41) is 7.30. The van der Waals surface area contributed by atoms with Gasteiger partial charge in [-0.15, -0.1) is 0 Å². The van der Waals surface area contributed by atoms with Gasteiger partial charge in [0.05, 0.1) is 0 Å². The minimum Gasteiger partial charge on any atom is -0.456 e. The van der Waals surface area contributed by atoms with Crippen molar-refractivity contribution in [1.29, 1.82) is 0 Å². The van der Waals surface area contributed by atoms with Crippen LogP contribution in [0.1, 0.15) is 0 Å². The van der Waals surface area contributed by atoms with Crippen molar-refractivity contribution >= 4 is 21.9 Å². The predicted molar refractivity (Wildman–Crippen MR) is 68.3 cm³/mol. The van der Waals surface area contributed by atoms with Crippen LogP contribution in [-0.2, 0) is 0 Å². The molecule has 0 bridgehead atoms. The van der Waals surface area contributed by atoms with Crippen molar-refractivity contribution in [2.24, 2.45) is 5.10 Å². The first-order chi connectivity index (χ1) is 8.40. The number of rotatable bonds is 1. The van der Waals surface area contributed by atoms with Gasteiger partial charge in [0.15, 0.2) is 0 Å². The van der Waals surface area contributed by atoms with Crippen LogP contribution >= 0.6 is 0 Å². The van der Waals surface area contributed by atoms with Crippen molar-refractivity contribution in [1.82, 2.24) is 5.43 Å². The summed E-state index contributed by atoms with van der Waals surface area (Å²) >= 11 is 0. The van der Waals surface area contributed by atoms with E-state index in [1.54, 1.807) is 7.05 Å². The van der Waals surface area contributed by atoms with Crippen LogP contribution in [0, 0.1) is 0 Å². The first-order valence-corrected chi connectivity index (χ1v) is 5.51. The van der Waals surface area contributed by atoms with Crippen LogP contribution in [0.4, 0.5) is 0 Å². The van der Waals surface area contributed by atoms with E-state index in [4.69, 9.17) is 4.42 Å². The second-order valence-electron chi connectivity index (χ2n) is 3.78. The number of nitrogens with zero attached hydrogens (tertiary/aromatic N) is 1. The highest BCUT2D eigenvalue weighted by atomic mass is 16.3. The Balaban J connectivity index is 2.61. The quantitative estimate of drug-likeness (QED) is 0.509. The van der Waals surface area contributed by atoms with Gasteiger partial charge in [0.25, 0.3) is 0 Å². The average Bonchev–Trinajstić information content (AvgIpc) is 2.39. The maximum atomic E-state index is 5.85. The van der Waals surface area contributed by atoms with Crippen molar-refractivity contribution < 1.29 is 4.42 Å². The summed E-state index contributed by atoms with van der Waals surface area (Å²) < 4.78 is 5.85. The van der Waals surface area contributed by atoms with Gasteiger partial charge in [-0.05, 0) is 24.3 Å². The Morgan fingerprint density at radius 1 is 0.882 bits per heavy atom. The smallest absolute Gasteiger partial charge is 0.136 e. The largest absolute Gasteiger partial charge is 0.456 e.